The van der Waals surface area contributed by atoms with Crippen LogP contribution in [0.2, 0.25) is 0 Å². The molecule has 0 heterocycles. The van der Waals surface area contributed by atoms with Crippen LogP contribution in [0.25, 0.3) is 0 Å². The van der Waals surface area contributed by atoms with E-state index >= 15 is 0 Å². The Morgan fingerprint density at radius 1 is 1.27 bits per heavy atom. The molecule has 0 saturated heterocycles. The minimum Gasteiger partial charge on any atom is -0.327 e. The summed E-state index contributed by atoms with van der Waals surface area (Å²) in [5.41, 5.74) is 6.02. The Bertz CT molecular complexity index is 284. The molecule has 2 N–H and O–H groups in total. The molecule has 0 aliphatic rings. The lowest BCUT2D eigenvalue weighted by atomic mass is 10.1. The van der Waals surface area contributed by atoms with E-state index in [0.29, 0.717) is 12.0 Å². The Hall–Kier alpha value is 0.01000. The smallest absolute Gasteiger partial charge is 0.0176 e. The molecule has 84 valence electrons. The number of hydrogen-bond acceptors (Lipinski definition) is 2. The third-order valence-corrected chi connectivity index (χ3v) is 3.78. The Balaban J connectivity index is 2.33. The van der Waals surface area contributed by atoms with Crippen molar-refractivity contribution in [3.05, 3.63) is 28.7 Å². The van der Waals surface area contributed by atoms with Crippen molar-refractivity contribution in [2.45, 2.75) is 31.2 Å². The van der Waals surface area contributed by atoms with Crippen molar-refractivity contribution in [1.82, 2.24) is 0 Å². The van der Waals surface area contributed by atoms with Gasteiger partial charge < -0.3 is 5.73 Å². The monoisotopic (exact) mass is 287 g/mol. The maximum absolute atomic E-state index is 6.02. The van der Waals surface area contributed by atoms with Gasteiger partial charge in [-0.15, -0.1) is 11.8 Å². The second-order valence-corrected chi connectivity index (χ2v) is 6.16. The molecule has 1 aromatic rings. The molecular formula is C12H18BrNS. The van der Waals surface area contributed by atoms with Gasteiger partial charge >= 0.3 is 0 Å². The van der Waals surface area contributed by atoms with Gasteiger partial charge in [0.2, 0.25) is 0 Å². The van der Waals surface area contributed by atoms with E-state index in [0.717, 1.165) is 16.6 Å². The molecule has 0 fully saturated rings. The van der Waals surface area contributed by atoms with E-state index in [1.54, 1.807) is 0 Å². The van der Waals surface area contributed by atoms with Gasteiger partial charge in [0.05, 0.1) is 0 Å². The van der Waals surface area contributed by atoms with Gasteiger partial charge in [-0.25, -0.2) is 0 Å². The minimum absolute atomic E-state index is 0.304. The summed E-state index contributed by atoms with van der Waals surface area (Å²) in [5, 5.41) is 0. The molecule has 0 bridgehead atoms. The van der Waals surface area contributed by atoms with Crippen LogP contribution in [-0.2, 0) is 0 Å². The summed E-state index contributed by atoms with van der Waals surface area (Å²) < 4.78 is 1.12. The minimum atomic E-state index is 0.304. The summed E-state index contributed by atoms with van der Waals surface area (Å²) in [6.45, 7) is 4.42. The number of halogens is 1. The van der Waals surface area contributed by atoms with Crippen LogP contribution in [-0.4, -0.2) is 11.8 Å². The van der Waals surface area contributed by atoms with Crippen molar-refractivity contribution in [1.29, 1.82) is 0 Å². The lowest BCUT2D eigenvalue weighted by Gasteiger charge is -2.13. The van der Waals surface area contributed by atoms with Crippen LogP contribution in [0.1, 0.15) is 20.3 Å². The molecule has 0 saturated carbocycles. The summed E-state index contributed by atoms with van der Waals surface area (Å²) in [6, 6.07) is 8.68. The molecule has 0 spiro atoms. The highest BCUT2D eigenvalue weighted by Crippen LogP contribution is 2.22. The molecule has 1 unspecified atom stereocenters. The van der Waals surface area contributed by atoms with Gasteiger partial charge in [-0.2, -0.15) is 0 Å². The van der Waals surface area contributed by atoms with E-state index in [-0.39, 0.29) is 0 Å². The second kappa shape index (κ2) is 6.56. The molecule has 1 atom stereocenters. The Morgan fingerprint density at radius 3 is 2.40 bits per heavy atom. The van der Waals surface area contributed by atoms with Crippen molar-refractivity contribution in [2.24, 2.45) is 11.7 Å². The van der Waals surface area contributed by atoms with Crippen LogP contribution < -0.4 is 5.73 Å². The summed E-state index contributed by atoms with van der Waals surface area (Å²) in [5.74, 6) is 1.69. The van der Waals surface area contributed by atoms with Crippen molar-refractivity contribution < 1.29 is 0 Å². The van der Waals surface area contributed by atoms with Crippen molar-refractivity contribution in [3.63, 3.8) is 0 Å². The Labute approximate surface area is 105 Å². The lowest BCUT2D eigenvalue weighted by molar-refractivity contribution is 0.524. The van der Waals surface area contributed by atoms with Crippen LogP contribution in [0.3, 0.4) is 0 Å². The third-order valence-electron chi connectivity index (χ3n) is 2.05. The Morgan fingerprint density at radius 2 is 1.87 bits per heavy atom. The summed E-state index contributed by atoms with van der Waals surface area (Å²) in [7, 11) is 0. The molecule has 1 nitrogen and oxygen atoms in total. The van der Waals surface area contributed by atoms with Gasteiger partial charge in [0.15, 0.2) is 0 Å². The first-order valence-corrected chi connectivity index (χ1v) is 6.99. The van der Waals surface area contributed by atoms with Crippen molar-refractivity contribution in [2.75, 3.05) is 5.75 Å². The van der Waals surface area contributed by atoms with Crippen LogP contribution in [0.5, 0.6) is 0 Å². The second-order valence-electron chi connectivity index (χ2n) is 4.15. The van der Waals surface area contributed by atoms with E-state index in [2.05, 4.69) is 54.0 Å². The topological polar surface area (TPSA) is 26.0 Å². The molecule has 1 aromatic carbocycles. The molecule has 0 amide bonds. The van der Waals surface area contributed by atoms with Gasteiger partial charge in [0.1, 0.15) is 0 Å². The average Bonchev–Trinajstić information content (AvgIpc) is 2.16. The van der Waals surface area contributed by atoms with E-state index in [9.17, 15) is 0 Å². The van der Waals surface area contributed by atoms with Gasteiger partial charge in [0.25, 0.3) is 0 Å². The standard InChI is InChI=1S/C12H18BrNS/c1-9(2)7-11(14)8-15-12-5-3-10(13)4-6-12/h3-6,9,11H,7-8,14H2,1-2H3. The third kappa shape index (κ3) is 5.59. The molecule has 0 aromatic heterocycles. The van der Waals surface area contributed by atoms with Gasteiger partial charge in [-0.1, -0.05) is 29.8 Å². The van der Waals surface area contributed by atoms with E-state index in [4.69, 9.17) is 5.73 Å². The molecule has 0 aliphatic heterocycles. The SMILES string of the molecule is CC(C)CC(N)CSc1ccc(Br)cc1. The van der Waals surface area contributed by atoms with Crippen LogP contribution in [0, 0.1) is 5.92 Å². The van der Waals surface area contributed by atoms with Crippen LogP contribution in [0.15, 0.2) is 33.6 Å². The van der Waals surface area contributed by atoms with E-state index in [1.165, 1.54) is 4.90 Å². The zero-order valence-corrected chi connectivity index (χ0v) is 11.6. The fourth-order valence-corrected chi connectivity index (χ4v) is 2.54. The maximum atomic E-state index is 6.02. The van der Waals surface area contributed by atoms with Gasteiger partial charge in [-0.05, 0) is 36.6 Å². The van der Waals surface area contributed by atoms with Crippen molar-refractivity contribution >= 4 is 27.7 Å². The lowest BCUT2D eigenvalue weighted by Crippen LogP contribution is -2.24. The highest BCUT2D eigenvalue weighted by atomic mass is 79.9. The molecule has 1 rings (SSSR count). The van der Waals surface area contributed by atoms with E-state index in [1.807, 2.05) is 11.8 Å². The predicted octanol–water partition coefficient (Wildman–Crippen LogP) is 3.91. The zero-order valence-electron chi connectivity index (χ0n) is 9.24. The number of hydrogen-bond donors (Lipinski definition) is 1. The van der Waals surface area contributed by atoms with Gasteiger partial charge in [-0.3, -0.25) is 0 Å². The predicted molar refractivity (Wildman–Crippen MR) is 72.3 cm³/mol. The molecular weight excluding hydrogens is 270 g/mol. The largest absolute Gasteiger partial charge is 0.327 e. The molecule has 0 radical (unpaired) electrons. The summed E-state index contributed by atoms with van der Waals surface area (Å²) in [4.78, 5) is 1.29. The van der Waals surface area contributed by atoms with Gasteiger partial charge in [0, 0.05) is 21.2 Å². The first-order valence-electron chi connectivity index (χ1n) is 5.22. The number of rotatable bonds is 5. The fourth-order valence-electron chi connectivity index (χ4n) is 1.41. The first kappa shape index (κ1) is 13.1. The number of benzene rings is 1. The normalized spacial score (nSPS) is 13.1. The van der Waals surface area contributed by atoms with Crippen LogP contribution in [0.4, 0.5) is 0 Å². The molecule has 15 heavy (non-hydrogen) atoms. The van der Waals surface area contributed by atoms with Crippen LogP contribution >= 0.6 is 27.7 Å². The summed E-state index contributed by atoms with van der Waals surface area (Å²) >= 11 is 5.26. The summed E-state index contributed by atoms with van der Waals surface area (Å²) in [6.07, 6.45) is 1.10. The fraction of sp³-hybridized carbons (Fsp3) is 0.500. The average molecular weight is 288 g/mol. The highest BCUT2D eigenvalue weighted by molar-refractivity contribution is 9.10. The van der Waals surface area contributed by atoms with Crippen molar-refractivity contribution in [3.8, 4) is 0 Å². The quantitative estimate of drug-likeness (QED) is 0.831. The molecule has 3 heteroatoms. The van der Waals surface area contributed by atoms with E-state index < -0.39 is 0 Å². The Kier molecular flexibility index (Phi) is 5.72. The highest BCUT2D eigenvalue weighted by Gasteiger charge is 2.05. The maximum Gasteiger partial charge on any atom is 0.0176 e. The zero-order chi connectivity index (χ0) is 11.3. The number of thioether (sulfide) groups is 1. The number of nitrogens with two attached hydrogens (primary N) is 1. The first-order chi connectivity index (χ1) is 7.08. The molecule has 0 aliphatic carbocycles.